The van der Waals surface area contributed by atoms with Crippen molar-refractivity contribution in [2.75, 3.05) is 5.32 Å². The largest absolute Gasteiger partial charge is 0.378 e. The molecular formula is C16H17ClN4. The highest BCUT2D eigenvalue weighted by Crippen LogP contribution is 2.32. The second kappa shape index (κ2) is 5.74. The number of fused-ring (bicyclic) bond motifs is 1. The average molecular weight is 301 g/mol. The van der Waals surface area contributed by atoms with Crippen molar-refractivity contribution in [3.63, 3.8) is 0 Å². The molecule has 21 heavy (non-hydrogen) atoms. The van der Waals surface area contributed by atoms with Crippen molar-refractivity contribution in [2.24, 2.45) is 0 Å². The molecule has 5 heteroatoms. The lowest BCUT2D eigenvalue weighted by molar-refractivity contribution is 0.720. The number of rotatable bonds is 4. The van der Waals surface area contributed by atoms with Crippen LogP contribution < -0.4 is 5.32 Å². The van der Waals surface area contributed by atoms with E-state index in [9.17, 15) is 0 Å². The number of nitrogens with zero attached hydrogens (tertiary/aromatic N) is 3. The minimum absolute atomic E-state index is 0.681. The summed E-state index contributed by atoms with van der Waals surface area (Å²) in [5.74, 6) is 0. The number of halogens is 1. The first-order valence-electron chi connectivity index (χ1n) is 6.97. The molecule has 0 fully saturated rings. The quantitative estimate of drug-likeness (QED) is 0.791. The van der Waals surface area contributed by atoms with Crippen LogP contribution in [0.25, 0.3) is 10.9 Å². The Bertz CT molecular complexity index is 779. The highest BCUT2D eigenvalue weighted by Gasteiger charge is 2.10. The number of hydrogen-bond acceptors (Lipinski definition) is 3. The number of hydrogen-bond donors (Lipinski definition) is 1. The third-order valence-corrected chi connectivity index (χ3v) is 3.92. The van der Waals surface area contributed by atoms with Crippen molar-refractivity contribution in [3.05, 3.63) is 53.2 Å². The second-order valence-electron chi connectivity index (χ2n) is 4.97. The number of aromatic nitrogens is 3. The molecule has 0 aliphatic heterocycles. The van der Waals surface area contributed by atoms with Gasteiger partial charge >= 0.3 is 0 Å². The van der Waals surface area contributed by atoms with Crippen molar-refractivity contribution in [1.29, 1.82) is 0 Å². The minimum atomic E-state index is 0.681. The first-order valence-corrected chi connectivity index (χ1v) is 7.35. The van der Waals surface area contributed by atoms with Gasteiger partial charge in [-0.25, -0.2) is 4.98 Å². The summed E-state index contributed by atoms with van der Waals surface area (Å²) >= 11 is 6.41. The Labute approximate surface area is 128 Å². The maximum atomic E-state index is 6.41. The Morgan fingerprint density at radius 1 is 1.38 bits per heavy atom. The van der Waals surface area contributed by atoms with Gasteiger partial charge in [-0.2, -0.15) is 0 Å². The summed E-state index contributed by atoms with van der Waals surface area (Å²) in [5.41, 5.74) is 4.12. The van der Waals surface area contributed by atoms with Crippen LogP contribution in [0.1, 0.15) is 18.2 Å². The smallest absolute Gasteiger partial charge is 0.0948 e. The van der Waals surface area contributed by atoms with Crippen LogP contribution in [0.15, 0.2) is 36.9 Å². The van der Waals surface area contributed by atoms with Crippen molar-refractivity contribution in [3.8, 4) is 0 Å². The number of nitrogens with one attached hydrogen (secondary N) is 1. The molecule has 0 aliphatic carbocycles. The van der Waals surface area contributed by atoms with Crippen molar-refractivity contribution >= 4 is 28.2 Å². The lowest BCUT2D eigenvalue weighted by Gasteiger charge is -2.13. The first-order chi connectivity index (χ1) is 10.2. The van der Waals surface area contributed by atoms with E-state index in [1.807, 2.05) is 37.6 Å². The molecule has 2 heterocycles. The van der Waals surface area contributed by atoms with E-state index in [4.69, 9.17) is 11.6 Å². The molecule has 2 aromatic heterocycles. The van der Waals surface area contributed by atoms with Crippen LogP contribution in [-0.4, -0.2) is 14.5 Å². The Morgan fingerprint density at radius 2 is 2.24 bits per heavy atom. The molecule has 108 valence electrons. The average Bonchev–Trinajstić information content (AvgIpc) is 2.94. The summed E-state index contributed by atoms with van der Waals surface area (Å²) in [5, 5.41) is 5.19. The molecule has 0 spiro atoms. The summed E-state index contributed by atoms with van der Waals surface area (Å²) in [6, 6.07) is 5.93. The molecule has 0 saturated carbocycles. The molecule has 0 amide bonds. The zero-order chi connectivity index (χ0) is 14.8. The van der Waals surface area contributed by atoms with Crippen LogP contribution in [0, 0.1) is 6.92 Å². The van der Waals surface area contributed by atoms with Gasteiger partial charge in [-0.1, -0.05) is 11.6 Å². The Kier molecular flexibility index (Phi) is 3.80. The van der Waals surface area contributed by atoms with Gasteiger partial charge in [0.15, 0.2) is 0 Å². The Balaban J connectivity index is 1.97. The predicted octanol–water partition coefficient (Wildman–Crippen LogP) is 4.03. The van der Waals surface area contributed by atoms with Gasteiger partial charge in [0.1, 0.15) is 0 Å². The fourth-order valence-corrected chi connectivity index (χ4v) is 2.85. The number of anilines is 1. The van der Waals surface area contributed by atoms with E-state index < -0.39 is 0 Å². The van der Waals surface area contributed by atoms with E-state index in [-0.39, 0.29) is 0 Å². The van der Waals surface area contributed by atoms with E-state index in [0.717, 1.165) is 39.4 Å². The van der Waals surface area contributed by atoms with Crippen LogP contribution in [0.3, 0.4) is 0 Å². The van der Waals surface area contributed by atoms with Gasteiger partial charge in [-0.05, 0) is 37.6 Å². The molecule has 0 atom stereocenters. The molecule has 0 saturated heterocycles. The minimum Gasteiger partial charge on any atom is -0.378 e. The SMILES string of the molecule is CCn1cncc1CNc1c(Cl)cc(C)c2ncccc12. The van der Waals surface area contributed by atoms with Gasteiger partial charge < -0.3 is 9.88 Å². The number of imidazole rings is 1. The third-order valence-electron chi connectivity index (χ3n) is 3.62. The maximum Gasteiger partial charge on any atom is 0.0948 e. The molecule has 1 aromatic carbocycles. The van der Waals surface area contributed by atoms with Gasteiger partial charge in [0.2, 0.25) is 0 Å². The molecule has 3 rings (SSSR count). The van der Waals surface area contributed by atoms with Crippen molar-refractivity contribution < 1.29 is 0 Å². The standard InChI is InChI=1S/C16H17ClN4/c1-3-21-10-18-8-12(21)9-20-16-13-5-4-6-19-15(13)11(2)7-14(16)17/h4-8,10,20H,3,9H2,1-2H3. The molecule has 0 unspecified atom stereocenters. The Morgan fingerprint density at radius 3 is 3.05 bits per heavy atom. The van der Waals surface area contributed by atoms with Crippen LogP contribution >= 0.6 is 11.6 Å². The summed E-state index contributed by atoms with van der Waals surface area (Å²) in [6.07, 6.45) is 5.52. The van der Waals surface area contributed by atoms with Crippen LogP contribution in [0.5, 0.6) is 0 Å². The molecule has 0 radical (unpaired) electrons. The second-order valence-corrected chi connectivity index (χ2v) is 5.38. The van der Waals surface area contributed by atoms with Gasteiger partial charge in [0.05, 0.1) is 34.8 Å². The highest BCUT2D eigenvalue weighted by atomic mass is 35.5. The van der Waals surface area contributed by atoms with Gasteiger partial charge in [0, 0.05) is 24.3 Å². The molecule has 0 aliphatic rings. The van der Waals surface area contributed by atoms with Gasteiger partial charge in [0.25, 0.3) is 0 Å². The van der Waals surface area contributed by atoms with Crippen LogP contribution in [0.4, 0.5) is 5.69 Å². The van der Waals surface area contributed by atoms with E-state index >= 15 is 0 Å². The van der Waals surface area contributed by atoms with Gasteiger partial charge in [-0.3, -0.25) is 4.98 Å². The Hall–Kier alpha value is -2.07. The lowest BCUT2D eigenvalue weighted by atomic mass is 10.1. The van der Waals surface area contributed by atoms with E-state index in [2.05, 4.69) is 26.8 Å². The predicted molar refractivity (Wildman–Crippen MR) is 86.7 cm³/mol. The van der Waals surface area contributed by atoms with E-state index in [1.165, 1.54) is 0 Å². The third kappa shape index (κ3) is 2.59. The van der Waals surface area contributed by atoms with E-state index in [0.29, 0.717) is 6.54 Å². The van der Waals surface area contributed by atoms with Crippen molar-refractivity contribution in [1.82, 2.24) is 14.5 Å². The zero-order valence-electron chi connectivity index (χ0n) is 12.1. The fraction of sp³-hybridized carbons (Fsp3) is 0.250. The monoisotopic (exact) mass is 300 g/mol. The van der Waals surface area contributed by atoms with Crippen LogP contribution in [-0.2, 0) is 13.1 Å². The molecule has 0 bridgehead atoms. The van der Waals surface area contributed by atoms with E-state index in [1.54, 1.807) is 6.20 Å². The number of aryl methyl sites for hydroxylation is 2. The topological polar surface area (TPSA) is 42.7 Å². The summed E-state index contributed by atoms with van der Waals surface area (Å²) in [7, 11) is 0. The molecule has 4 nitrogen and oxygen atoms in total. The molecule has 3 aromatic rings. The number of pyridine rings is 1. The zero-order valence-corrected chi connectivity index (χ0v) is 12.9. The van der Waals surface area contributed by atoms with Crippen LogP contribution in [0.2, 0.25) is 5.02 Å². The molecule has 1 N–H and O–H groups in total. The maximum absolute atomic E-state index is 6.41. The molecular weight excluding hydrogens is 284 g/mol. The lowest BCUT2D eigenvalue weighted by Crippen LogP contribution is -2.07. The summed E-state index contributed by atoms with van der Waals surface area (Å²) < 4.78 is 2.11. The fourth-order valence-electron chi connectivity index (χ4n) is 2.52. The van der Waals surface area contributed by atoms with Crippen molar-refractivity contribution in [2.45, 2.75) is 26.9 Å². The number of benzene rings is 1. The first kappa shape index (κ1) is 13.9. The van der Waals surface area contributed by atoms with Gasteiger partial charge in [-0.15, -0.1) is 0 Å². The normalized spacial score (nSPS) is 11.0. The highest BCUT2D eigenvalue weighted by molar-refractivity contribution is 6.35. The summed E-state index contributed by atoms with van der Waals surface area (Å²) in [6.45, 7) is 5.71. The summed E-state index contributed by atoms with van der Waals surface area (Å²) in [4.78, 5) is 8.63.